The van der Waals surface area contributed by atoms with Gasteiger partial charge in [-0.25, -0.2) is 0 Å². The highest BCUT2D eigenvalue weighted by molar-refractivity contribution is 8.00. The van der Waals surface area contributed by atoms with Crippen LogP contribution < -0.4 is 5.32 Å². The van der Waals surface area contributed by atoms with E-state index >= 15 is 0 Å². The highest BCUT2D eigenvalue weighted by Gasteiger charge is 2.08. The lowest BCUT2D eigenvalue weighted by atomic mass is 10.2. The molecule has 3 nitrogen and oxygen atoms in total. The second-order valence-corrected chi connectivity index (χ2v) is 6.19. The van der Waals surface area contributed by atoms with Gasteiger partial charge >= 0.3 is 0 Å². The molecule has 0 aliphatic rings. The van der Waals surface area contributed by atoms with E-state index in [1.165, 1.54) is 10.9 Å². The molecule has 112 valence electrons. The number of hydrogen-bond acceptors (Lipinski definition) is 2. The van der Waals surface area contributed by atoms with Gasteiger partial charge in [-0.3, -0.25) is 4.79 Å². The minimum atomic E-state index is 0.0572. The molecule has 0 aliphatic carbocycles. The maximum Gasteiger partial charge on any atom is 0.230 e. The average Bonchev–Trinajstić information content (AvgIpc) is 2.89. The van der Waals surface area contributed by atoms with Crippen molar-refractivity contribution in [2.75, 3.05) is 5.75 Å². The fourth-order valence-corrected chi connectivity index (χ4v) is 3.36. The summed E-state index contributed by atoms with van der Waals surface area (Å²) in [5, 5.41) is 4.16. The molecular weight excluding hydrogens is 292 g/mol. The van der Waals surface area contributed by atoms with Crippen LogP contribution in [0, 0.1) is 0 Å². The molecule has 3 rings (SSSR count). The zero-order chi connectivity index (χ0) is 15.4. The minimum absolute atomic E-state index is 0.0572. The lowest BCUT2D eigenvalue weighted by molar-refractivity contribution is -0.118. The zero-order valence-electron chi connectivity index (χ0n) is 12.5. The number of carbonyl (C=O) groups excluding carboxylic acids is 1. The van der Waals surface area contributed by atoms with Crippen molar-refractivity contribution in [2.45, 2.75) is 11.4 Å². The molecule has 0 saturated heterocycles. The quantitative estimate of drug-likeness (QED) is 0.731. The Morgan fingerprint density at radius 2 is 1.82 bits per heavy atom. The van der Waals surface area contributed by atoms with Crippen molar-refractivity contribution in [3.63, 3.8) is 0 Å². The van der Waals surface area contributed by atoms with Crippen LogP contribution in [0.4, 0.5) is 0 Å². The second-order valence-electron chi connectivity index (χ2n) is 5.17. The first-order chi connectivity index (χ1) is 10.7. The number of aromatic nitrogens is 1. The number of nitrogens with one attached hydrogen (secondary N) is 1. The molecule has 0 saturated carbocycles. The molecule has 0 fully saturated rings. The first kappa shape index (κ1) is 14.7. The number of nitrogens with zero attached hydrogens (tertiary/aromatic N) is 1. The summed E-state index contributed by atoms with van der Waals surface area (Å²) in [6.07, 6.45) is 2.08. The third kappa shape index (κ3) is 3.34. The summed E-state index contributed by atoms with van der Waals surface area (Å²) in [5.41, 5.74) is 2.31. The predicted molar refractivity (Wildman–Crippen MR) is 91.9 cm³/mol. The standard InChI is InChI=1S/C18H18N2OS/c1-20-12-17(15-9-5-6-10-16(15)20)22-13-18(21)19-11-14-7-3-2-4-8-14/h2-10,12H,11,13H2,1H3,(H,19,21). The van der Waals surface area contributed by atoms with Crippen LogP contribution in [0.25, 0.3) is 10.9 Å². The van der Waals surface area contributed by atoms with Crippen molar-refractivity contribution >= 4 is 28.6 Å². The molecule has 0 unspecified atom stereocenters. The van der Waals surface area contributed by atoms with Gasteiger partial charge in [-0.05, 0) is 11.6 Å². The Kier molecular flexibility index (Phi) is 4.49. The van der Waals surface area contributed by atoms with E-state index in [1.54, 1.807) is 11.8 Å². The van der Waals surface area contributed by atoms with Gasteiger partial charge in [0.15, 0.2) is 0 Å². The fraction of sp³-hybridized carbons (Fsp3) is 0.167. The summed E-state index contributed by atoms with van der Waals surface area (Å²) < 4.78 is 2.10. The van der Waals surface area contributed by atoms with Gasteiger partial charge < -0.3 is 9.88 Å². The molecule has 1 amide bonds. The molecular formula is C18H18N2OS. The van der Waals surface area contributed by atoms with Gasteiger partial charge in [0.05, 0.1) is 5.75 Å². The maximum atomic E-state index is 12.0. The van der Waals surface area contributed by atoms with E-state index in [4.69, 9.17) is 0 Å². The molecule has 0 atom stereocenters. The lowest BCUT2D eigenvalue weighted by Crippen LogP contribution is -2.24. The number of hydrogen-bond donors (Lipinski definition) is 1. The first-order valence-corrected chi connectivity index (χ1v) is 8.20. The van der Waals surface area contributed by atoms with Crippen molar-refractivity contribution in [3.05, 3.63) is 66.4 Å². The summed E-state index contributed by atoms with van der Waals surface area (Å²) in [6.45, 7) is 0.579. The Bertz CT molecular complexity index is 780. The Morgan fingerprint density at radius 3 is 2.64 bits per heavy atom. The maximum absolute atomic E-state index is 12.0. The largest absolute Gasteiger partial charge is 0.351 e. The smallest absolute Gasteiger partial charge is 0.230 e. The summed E-state index contributed by atoms with van der Waals surface area (Å²) >= 11 is 1.58. The third-order valence-corrected chi connectivity index (χ3v) is 4.59. The Hall–Kier alpha value is -2.20. The van der Waals surface area contributed by atoms with Crippen molar-refractivity contribution in [2.24, 2.45) is 7.05 Å². The van der Waals surface area contributed by atoms with Crippen LogP contribution in [0.5, 0.6) is 0 Å². The molecule has 4 heteroatoms. The molecule has 3 aromatic rings. The molecule has 22 heavy (non-hydrogen) atoms. The minimum Gasteiger partial charge on any atom is -0.351 e. The van der Waals surface area contributed by atoms with Crippen molar-refractivity contribution in [1.82, 2.24) is 9.88 Å². The monoisotopic (exact) mass is 310 g/mol. The normalized spacial score (nSPS) is 10.8. The second kappa shape index (κ2) is 6.71. The van der Waals surface area contributed by atoms with E-state index in [2.05, 4.69) is 28.2 Å². The van der Waals surface area contributed by atoms with E-state index in [0.29, 0.717) is 12.3 Å². The van der Waals surface area contributed by atoms with Crippen LogP contribution in [0.15, 0.2) is 65.7 Å². The van der Waals surface area contributed by atoms with E-state index in [0.717, 1.165) is 10.5 Å². The Labute approximate surface area is 134 Å². The van der Waals surface area contributed by atoms with E-state index in [9.17, 15) is 4.79 Å². The van der Waals surface area contributed by atoms with Gasteiger partial charge in [0, 0.05) is 35.6 Å². The van der Waals surface area contributed by atoms with Crippen molar-refractivity contribution in [3.8, 4) is 0 Å². The number of rotatable bonds is 5. The summed E-state index contributed by atoms with van der Waals surface area (Å²) in [7, 11) is 2.03. The van der Waals surface area contributed by atoms with E-state index in [1.807, 2.05) is 49.5 Å². The third-order valence-electron chi connectivity index (χ3n) is 3.55. The molecule has 1 aromatic heterocycles. The molecule has 1 N–H and O–H groups in total. The first-order valence-electron chi connectivity index (χ1n) is 7.21. The summed E-state index contributed by atoms with van der Waals surface area (Å²) in [5.74, 6) is 0.489. The lowest BCUT2D eigenvalue weighted by Gasteiger charge is -2.04. The van der Waals surface area contributed by atoms with Gasteiger partial charge in [0.1, 0.15) is 0 Å². The van der Waals surface area contributed by atoms with Crippen LogP contribution in [-0.2, 0) is 18.4 Å². The van der Waals surface area contributed by atoms with Crippen molar-refractivity contribution in [1.29, 1.82) is 0 Å². The number of amides is 1. The molecule has 0 spiro atoms. The zero-order valence-corrected chi connectivity index (χ0v) is 13.3. The predicted octanol–water partition coefficient (Wildman–Crippen LogP) is 3.59. The number of benzene rings is 2. The van der Waals surface area contributed by atoms with Crippen LogP contribution in [0.2, 0.25) is 0 Å². The molecule has 0 bridgehead atoms. The van der Waals surface area contributed by atoms with Crippen LogP contribution >= 0.6 is 11.8 Å². The van der Waals surface area contributed by atoms with Gasteiger partial charge in [0.25, 0.3) is 0 Å². The number of aryl methyl sites for hydroxylation is 1. The topological polar surface area (TPSA) is 34.0 Å². The molecule has 1 heterocycles. The van der Waals surface area contributed by atoms with E-state index < -0.39 is 0 Å². The Morgan fingerprint density at radius 1 is 1.09 bits per heavy atom. The Balaban J connectivity index is 1.58. The number of carbonyl (C=O) groups is 1. The fourth-order valence-electron chi connectivity index (χ4n) is 2.41. The van der Waals surface area contributed by atoms with Crippen LogP contribution in [0.3, 0.4) is 0 Å². The van der Waals surface area contributed by atoms with Gasteiger partial charge in [-0.2, -0.15) is 0 Å². The summed E-state index contributed by atoms with van der Waals surface area (Å²) in [6, 6.07) is 18.2. The molecule has 2 aromatic carbocycles. The number of fused-ring (bicyclic) bond motifs is 1. The summed E-state index contributed by atoms with van der Waals surface area (Å²) in [4.78, 5) is 13.1. The highest BCUT2D eigenvalue weighted by Crippen LogP contribution is 2.29. The van der Waals surface area contributed by atoms with Crippen molar-refractivity contribution < 1.29 is 4.79 Å². The highest BCUT2D eigenvalue weighted by atomic mass is 32.2. The number of para-hydroxylation sites is 1. The average molecular weight is 310 g/mol. The van der Waals surface area contributed by atoms with Crippen LogP contribution in [0.1, 0.15) is 5.56 Å². The van der Waals surface area contributed by atoms with Crippen LogP contribution in [-0.4, -0.2) is 16.2 Å². The van der Waals surface area contributed by atoms with E-state index in [-0.39, 0.29) is 5.91 Å². The van der Waals surface area contributed by atoms with Gasteiger partial charge in [-0.15, -0.1) is 11.8 Å². The molecule has 0 radical (unpaired) electrons. The molecule has 0 aliphatic heterocycles. The SMILES string of the molecule is Cn1cc(SCC(=O)NCc2ccccc2)c2ccccc21. The van der Waals surface area contributed by atoms with Gasteiger partial charge in [0.2, 0.25) is 5.91 Å². The van der Waals surface area contributed by atoms with Gasteiger partial charge in [-0.1, -0.05) is 48.5 Å². The number of thioether (sulfide) groups is 1.